The van der Waals surface area contributed by atoms with Crippen molar-refractivity contribution in [2.75, 3.05) is 12.3 Å². The predicted octanol–water partition coefficient (Wildman–Crippen LogP) is 2.45. The fourth-order valence-electron chi connectivity index (χ4n) is 2.61. The van der Waals surface area contributed by atoms with Gasteiger partial charge in [0.15, 0.2) is 5.16 Å². The maximum Gasteiger partial charge on any atom is 0.253 e. The van der Waals surface area contributed by atoms with Crippen LogP contribution in [-0.4, -0.2) is 38.9 Å². The van der Waals surface area contributed by atoms with Crippen LogP contribution in [0.3, 0.4) is 0 Å². The van der Waals surface area contributed by atoms with Gasteiger partial charge in [-0.1, -0.05) is 55.4 Å². The van der Waals surface area contributed by atoms with Gasteiger partial charge in [-0.15, -0.1) is 0 Å². The third kappa shape index (κ3) is 4.57. The number of aromatic amines is 1. The van der Waals surface area contributed by atoms with E-state index in [1.54, 1.807) is 0 Å². The molecule has 1 aromatic carbocycles. The second-order valence-corrected chi connectivity index (χ2v) is 6.72. The van der Waals surface area contributed by atoms with Crippen LogP contribution in [-0.2, 0) is 11.2 Å². The lowest BCUT2D eigenvalue weighted by Gasteiger charge is -2.10. The van der Waals surface area contributed by atoms with Gasteiger partial charge in [0.1, 0.15) is 0 Å². The number of aryl methyl sites for hydroxylation is 1. The number of hydrogen-bond acceptors (Lipinski definition) is 5. The summed E-state index contributed by atoms with van der Waals surface area (Å²) in [6, 6.07) is 11.4. The van der Waals surface area contributed by atoms with Crippen LogP contribution in [0.2, 0.25) is 0 Å². The summed E-state index contributed by atoms with van der Waals surface area (Å²) in [6.07, 6.45) is 2.42. The Bertz CT molecular complexity index is 832. The van der Waals surface area contributed by atoms with Crippen molar-refractivity contribution >= 4 is 23.4 Å². The summed E-state index contributed by atoms with van der Waals surface area (Å²) in [5.74, 6) is 0.115. The average Bonchev–Trinajstić information content (AvgIpc) is 3.10. The molecule has 0 atom stereocenters. The molecule has 1 N–H and O–H groups in total. The third-order valence-corrected chi connectivity index (χ3v) is 4.67. The largest absolute Gasteiger partial charge is 0.301 e. The molecule has 7 heteroatoms. The molecule has 0 radical (unpaired) electrons. The Hall–Kier alpha value is -2.41. The maximum absolute atomic E-state index is 12.4. The summed E-state index contributed by atoms with van der Waals surface area (Å²) in [5.41, 5.74) is 2.55. The molecule has 3 rings (SSSR count). The van der Waals surface area contributed by atoms with Crippen LogP contribution in [0.5, 0.6) is 0 Å². The fourth-order valence-corrected chi connectivity index (χ4v) is 3.38. The smallest absolute Gasteiger partial charge is 0.253 e. The van der Waals surface area contributed by atoms with E-state index >= 15 is 0 Å². The number of thioether (sulfide) groups is 1. The highest BCUT2D eigenvalue weighted by atomic mass is 32.2. The van der Waals surface area contributed by atoms with Crippen molar-refractivity contribution in [2.45, 2.75) is 31.3 Å². The van der Waals surface area contributed by atoms with E-state index in [0.29, 0.717) is 11.7 Å². The average molecular weight is 356 g/mol. The zero-order valence-electron chi connectivity index (χ0n) is 14.1. The lowest BCUT2D eigenvalue weighted by atomic mass is 10.1. The highest BCUT2D eigenvalue weighted by molar-refractivity contribution is 7.99. The van der Waals surface area contributed by atoms with Crippen LogP contribution >= 0.6 is 11.8 Å². The Morgan fingerprint density at radius 2 is 2.12 bits per heavy atom. The van der Waals surface area contributed by atoms with E-state index in [-0.39, 0.29) is 17.2 Å². The standard InChI is InChI=1S/C18H20N4O2S/c1-2-6-14-11-16(23)20-18(19-14)25-12-17(24)22-10-9-15(21-22)13-7-4-3-5-8-13/h3-5,7-8,11H,2,6,9-10,12H2,1H3,(H,19,20,23). The number of nitrogens with one attached hydrogen (secondary N) is 1. The first-order valence-corrected chi connectivity index (χ1v) is 9.30. The molecule has 1 amide bonds. The number of H-pyrrole nitrogens is 1. The molecular weight excluding hydrogens is 336 g/mol. The summed E-state index contributed by atoms with van der Waals surface area (Å²) in [6.45, 7) is 2.62. The second-order valence-electron chi connectivity index (χ2n) is 5.76. The molecule has 0 fully saturated rings. The lowest BCUT2D eigenvalue weighted by Crippen LogP contribution is -2.25. The second kappa shape index (κ2) is 8.11. The van der Waals surface area contributed by atoms with Crippen LogP contribution < -0.4 is 5.56 Å². The normalized spacial score (nSPS) is 13.8. The summed E-state index contributed by atoms with van der Waals surface area (Å²) in [5, 5.41) is 6.42. The van der Waals surface area contributed by atoms with Gasteiger partial charge in [0.2, 0.25) is 0 Å². The van der Waals surface area contributed by atoms with E-state index in [2.05, 4.69) is 15.1 Å². The van der Waals surface area contributed by atoms with Crippen LogP contribution in [0, 0.1) is 0 Å². The third-order valence-electron chi connectivity index (χ3n) is 3.81. The Morgan fingerprint density at radius 1 is 1.32 bits per heavy atom. The first-order valence-electron chi connectivity index (χ1n) is 8.32. The molecule has 2 heterocycles. The minimum Gasteiger partial charge on any atom is -0.301 e. The topological polar surface area (TPSA) is 78.4 Å². The monoisotopic (exact) mass is 356 g/mol. The van der Waals surface area contributed by atoms with E-state index in [1.807, 2.05) is 37.3 Å². The molecule has 0 spiro atoms. The van der Waals surface area contributed by atoms with Crippen molar-refractivity contribution in [2.24, 2.45) is 5.10 Å². The Balaban J connectivity index is 1.62. The van der Waals surface area contributed by atoms with E-state index < -0.39 is 0 Å². The summed E-state index contributed by atoms with van der Waals surface area (Å²) in [7, 11) is 0. The van der Waals surface area contributed by atoms with Crippen molar-refractivity contribution in [1.82, 2.24) is 15.0 Å². The number of hydrogen-bond donors (Lipinski definition) is 1. The van der Waals surface area contributed by atoms with E-state index in [4.69, 9.17) is 0 Å². The Labute approximate surface area is 150 Å². The van der Waals surface area contributed by atoms with E-state index in [1.165, 1.54) is 22.8 Å². The minimum atomic E-state index is -0.182. The van der Waals surface area contributed by atoms with Gasteiger partial charge in [0.05, 0.1) is 18.0 Å². The predicted molar refractivity (Wildman–Crippen MR) is 98.9 cm³/mol. The number of carbonyl (C=O) groups excluding carboxylic acids is 1. The highest BCUT2D eigenvalue weighted by Gasteiger charge is 2.21. The molecular formula is C18H20N4O2S. The van der Waals surface area contributed by atoms with Gasteiger partial charge in [0, 0.05) is 18.2 Å². The molecule has 0 saturated heterocycles. The van der Waals surface area contributed by atoms with Crippen molar-refractivity contribution < 1.29 is 4.79 Å². The number of rotatable bonds is 6. The van der Waals surface area contributed by atoms with Gasteiger partial charge in [-0.25, -0.2) is 9.99 Å². The van der Waals surface area contributed by atoms with Gasteiger partial charge < -0.3 is 4.98 Å². The number of benzene rings is 1. The highest BCUT2D eigenvalue weighted by Crippen LogP contribution is 2.17. The van der Waals surface area contributed by atoms with Crippen molar-refractivity contribution in [3.63, 3.8) is 0 Å². The molecule has 1 aliphatic rings. The molecule has 0 unspecified atom stereocenters. The van der Waals surface area contributed by atoms with E-state index in [9.17, 15) is 9.59 Å². The van der Waals surface area contributed by atoms with Gasteiger partial charge in [-0.05, 0) is 12.0 Å². The molecule has 0 aliphatic carbocycles. The van der Waals surface area contributed by atoms with Gasteiger partial charge in [-0.3, -0.25) is 9.59 Å². The van der Waals surface area contributed by atoms with Gasteiger partial charge in [0.25, 0.3) is 11.5 Å². The molecule has 2 aromatic rings. The van der Waals surface area contributed by atoms with Gasteiger partial charge >= 0.3 is 0 Å². The number of hydrazone groups is 1. The van der Waals surface area contributed by atoms with Crippen LogP contribution in [0.4, 0.5) is 0 Å². The summed E-state index contributed by atoms with van der Waals surface area (Å²) >= 11 is 1.24. The minimum absolute atomic E-state index is 0.0838. The Morgan fingerprint density at radius 3 is 2.88 bits per heavy atom. The Kier molecular flexibility index (Phi) is 5.65. The van der Waals surface area contributed by atoms with E-state index in [0.717, 1.165) is 36.2 Å². The molecule has 0 bridgehead atoms. The van der Waals surface area contributed by atoms with Crippen LogP contribution in [0.1, 0.15) is 31.0 Å². The fraction of sp³-hybridized carbons (Fsp3) is 0.333. The zero-order valence-corrected chi connectivity index (χ0v) is 14.9. The molecule has 25 heavy (non-hydrogen) atoms. The number of amides is 1. The lowest BCUT2D eigenvalue weighted by molar-refractivity contribution is -0.127. The molecule has 130 valence electrons. The van der Waals surface area contributed by atoms with Crippen molar-refractivity contribution in [3.05, 3.63) is 58.0 Å². The summed E-state index contributed by atoms with van der Waals surface area (Å²) < 4.78 is 0. The van der Waals surface area contributed by atoms with Crippen LogP contribution in [0.25, 0.3) is 0 Å². The molecule has 0 saturated carbocycles. The quantitative estimate of drug-likeness (QED) is 0.637. The summed E-state index contributed by atoms with van der Waals surface area (Å²) in [4.78, 5) is 31.1. The first kappa shape index (κ1) is 17.4. The molecule has 1 aliphatic heterocycles. The van der Waals surface area contributed by atoms with Crippen LogP contribution in [0.15, 0.2) is 51.5 Å². The maximum atomic E-state index is 12.4. The SMILES string of the molecule is CCCc1cc(=O)[nH]c(SCC(=O)N2CCC(c3ccccc3)=N2)n1. The molecule has 6 nitrogen and oxygen atoms in total. The van der Waals surface area contributed by atoms with Crippen molar-refractivity contribution in [1.29, 1.82) is 0 Å². The molecule has 1 aromatic heterocycles. The van der Waals surface area contributed by atoms with Gasteiger partial charge in [-0.2, -0.15) is 5.10 Å². The van der Waals surface area contributed by atoms with Crippen molar-refractivity contribution in [3.8, 4) is 0 Å². The number of carbonyl (C=O) groups is 1. The zero-order chi connectivity index (χ0) is 17.6. The number of aromatic nitrogens is 2. The number of nitrogens with zero attached hydrogens (tertiary/aromatic N) is 3. The first-order chi connectivity index (χ1) is 12.2.